The van der Waals surface area contributed by atoms with E-state index in [1.165, 1.54) is 18.2 Å². The average molecular weight is 484 g/mol. The summed E-state index contributed by atoms with van der Waals surface area (Å²) in [5, 5.41) is 5.01. The van der Waals surface area contributed by atoms with Crippen LogP contribution >= 0.6 is 0 Å². The van der Waals surface area contributed by atoms with E-state index in [2.05, 4.69) is 10.0 Å². The van der Waals surface area contributed by atoms with Crippen molar-refractivity contribution in [3.8, 4) is 5.75 Å². The molecule has 8 nitrogen and oxygen atoms in total. The van der Waals surface area contributed by atoms with Crippen LogP contribution in [0, 0.1) is 0 Å². The molecule has 0 unspecified atom stereocenters. The lowest BCUT2D eigenvalue weighted by Gasteiger charge is -2.15. The van der Waals surface area contributed by atoms with Crippen molar-refractivity contribution in [2.24, 2.45) is 0 Å². The van der Waals surface area contributed by atoms with Gasteiger partial charge < -0.3 is 19.7 Å². The zero-order valence-electron chi connectivity index (χ0n) is 19.3. The average Bonchev–Trinajstić information content (AvgIpc) is 2.82. The van der Waals surface area contributed by atoms with Crippen molar-refractivity contribution in [3.63, 3.8) is 0 Å². The molecule has 0 saturated heterocycles. The summed E-state index contributed by atoms with van der Waals surface area (Å²) < 4.78 is 33.5. The quantitative estimate of drug-likeness (QED) is 0.383. The first kappa shape index (κ1) is 25.4. The summed E-state index contributed by atoms with van der Waals surface area (Å²) in [4.78, 5) is 25.1. The summed E-state index contributed by atoms with van der Waals surface area (Å²) in [6.45, 7) is 0.965. The van der Waals surface area contributed by atoms with E-state index in [0.29, 0.717) is 25.8 Å². The van der Waals surface area contributed by atoms with Gasteiger partial charge in [0.05, 0.1) is 13.2 Å². The summed E-state index contributed by atoms with van der Waals surface area (Å²) in [6, 6.07) is 18.2. The molecule has 3 aromatic carbocycles. The van der Waals surface area contributed by atoms with Crippen molar-refractivity contribution in [2.75, 3.05) is 40.3 Å². The summed E-state index contributed by atoms with van der Waals surface area (Å²) in [6.07, 6.45) is 1.01. The van der Waals surface area contributed by atoms with Crippen LogP contribution in [0.25, 0.3) is 10.8 Å². The molecule has 0 aliphatic heterocycles. The standard InChI is InChI=1S/C25H29N3O5S/c1-28(2)15-13-26-25(30)21-10-11-24(34(31,32)27-14-16-29)23(18-21)33-17-12-20-8-5-7-19-6-3-4-9-22(19)20/h3-11,16,18,27H,12-15,17H2,1-2H3,(H,26,30). The van der Waals surface area contributed by atoms with Crippen molar-refractivity contribution in [1.82, 2.24) is 14.9 Å². The molecule has 9 heteroatoms. The molecule has 0 aliphatic carbocycles. The predicted molar refractivity (Wildman–Crippen MR) is 132 cm³/mol. The number of carbonyl (C=O) groups excluding carboxylic acids is 2. The number of amides is 1. The summed E-state index contributed by atoms with van der Waals surface area (Å²) in [5.41, 5.74) is 1.35. The Morgan fingerprint density at radius 3 is 2.59 bits per heavy atom. The van der Waals surface area contributed by atoms with E-state index in [0.717, 1.165) is 16.3 Å². The second kappa shape index (κ2) is 11.7. The van der Waals surface area contributed by atoms with Gasteiger partial charge in [-0.25, -0.2) is 13.1 Å². The van der Waals surface area contributed by atoms with Gasteiger partial charge in [0.25, 0.3) is 5.91 Å². The number of nitrogens with zero attached hydrogens (tertiary/aromatic N) is 1. The number of hydrogen-bond donors (Lipinski definition) is 2. The van der Waals surface area contributed by atoms with E-state index in [9.17, 15) is 18.0 Å². The Kier molecular flexibility index (Phi) is 8.75. The van der Waals surface area contributed by atoms with Crippen LogP contribution in [0.15, 0.2) is 65.6 Å². The van der Waals surface area contributed by atoms with Crippen molar-refractivity contribution >= 4 is 33.0 Å². The third-order valence-electron chi connectivity index (χ3n) is 5.21. The van der Waals surface area contributed by atoms with Gasteiger partial charge in [-0.2, -0.15) is 0 Å². The molecule has 0 bridgehead atoms. The van der Waals surface area contributed by atoms with Gasteiger partial charge in [0.2, 0.25) is 10.0 Å². The van der Waals surface area contributed by atoms with Crippen LogP contribution in [-0.4, -0.2) is 65.8 Å². The van der Waals surface area contributed by atoms with Crippen molar-refractivity contribution in [2.45, 2.75) is 11.3 Å². The second-order valence-corrected chi connectivity index (χ2v) is 9.71. The highest BCUT2D eigenvalue weighted by atomic mass is 32.2. The molecule has 0 aromatic heterocycles. The van der Waals surface area contributed by atoms with Gasteiger partial charge in [-0.15, -0.1) is 0 Å². The number of benzene rings is 3. The molecule has 0 aliphatic rings. The molecule has 0 saturated carbocycles. The molecule has 34 heavy (non-hydrogen) atoms. The number of sulfonamides is 1. The highest BCUT2D eigenvalue weighted by Gasteiger charge is 2.21. The van der Waals surface area contributed by atoms with Crippen LogP contribution in [0.1, 0.15) is 15.9 Å². The van der Waals surface area contributed by atoms with Crippen molar-refractivity contribution < 1.29 is 22.7 Å². The van der Waals surface area contributed by atoms with Crippen LogP contribution in [0.2, 0.25) is 0 Å². The van der Waals surface area contributed by atoms with E-state index in [4.69, 9.17) is 4.74 Å². The van der Waals surface area contributed by atoms with Crippen LogP contribution in [0.3, 0.4) is 0 Å². The Hall–Kier alpha value is -3.27. The predicted octanol–water partition coefficient (Wildman–Crippen LogP) is 2.23. The molecule has 1 amide bonds. The van der Waals surface area contributed by atoms with Gasteiger partial charge in [0.15, 0.2) is 0 Å². The molecule has 0 radical (unpaired) electrons. The number of rotatable bonds is 12. The number of likely N-dealkylation sites (N-methyl/N-ethyl adjacent to an activating group) is 1. The molecular formula is C25H29N3O5S. The van der Waals surface area contributed by atoms with Gasteiger partial charge in [0.1, 0.15) is 16.9 Å². The number of carbonyl (C=O) groups is 2. The fraction of sp³-hybridized carbons (Fsp3) is 0.280. The molecule has 180 valence electrons. The number of nitrogens with one attached hydrogen (secondary N) is 2. The number of aldehydes is 1. The molecule has 0 heterocycles. The molecule has 0 atom stereocenters. The highest BCUT2D eigenvalue weighted by Crippen LogP contribution is 2.26. The maximum Gasteiger partial charge on any atom is 0.251 e. The van der Waals surface area contributed by atoms with E-state index in [1.54, 1.807) is 0 Å². The molecule has 3 rings (SSSR count). The van der Waals surface area contributed by atoms with E-state index >= 15 is 0 Å². The van der Waals surface area contributed by atoms with Gasteiger partial charge in [0, 0.05) is 25.1 Å². The zero-order chi connectivity index (χ0) is 24.6. The number of ether oxygens (including phenoxy) is 1. The highest BCUT2D eigenvalue weighted by molar-refractivity contribution is 7.89. The van der Waals surface area contributed by atoms with Crippen molar-refractivity contribution in [3.05, 3.63) is 71.8 Å². The monoisotopic (exact) mass is 483 g/mol. The SMILES string of the molecule is CN(C)CCNC(=O)c1ccc(S(=O)(=O)NCC=O)c(OCCc2cccc3ccccc23)c1. The van der Waals surface area contributed by atoms with Gasteiger partial charge in [-0.3, -0.25) is 4.79 Å². The number of hydrogen-bond acceptors (Lipinski definition) is 6. The molecule has 0 fully saturated rings. The van der Waals surface area contributed by atoms with E-state index in [-0.39, 0.29) is 35.3 Å². The summed E-state index contributed by atoms with van der Waals surface area (Å²) in [5.74, 6) is -0.274. The number of fused-ring (bicyclic) bond motifs is 1. The van der Waals surface area contributed by atoms with Crippen molar-refractivity contribution in [1.29, 1.82) is 0 Å². The fourth-order valence-corrected chi connectivity index (χ4v) is 4.55. The lowest BCUT2D eigenvalue weighted by molar-refractivity contribution is -0.106. The molecule has 2 N–H and O–H groups in total. The smallest absolute Gasteiger partial charge is 0.251 e. The molecule has 0 spiro atoms. The minimum absolute atomic E-state index is 0.0545. The lowest BCUT2D eigenvalue weighted by atomic mass is 10.0. The normalized spacial score (nSPS) is 11.5. The van der Waals surface area contributed by atoms with Crippen LogP contribution < -0.4 is 14.8 Å². The van der Waals surface area contributed by atoms with Crippen LogP contribution in [-0.2, 0) is 21.2 Å². The maximum absolute atomic E-state index is 12.7. The third kappa shape index (κ3) is 6.63. The van der Waals surface area contributed by atoms with Gasteiger partial charge in [-0.05, 0) is 48.6 Å². The van der Waals surface area contributed by atoms with Crippen LogP contribution in [0.5, 0.6) is 5.75 Å². The Bertz CT molecular complexity index is 1250. The minimum atomic E-state index is -4.00. The Morgan fingerprint density at radius 2 is 1.82 bits per heavy atom. The molecular weight excluding hydrogens is 454 g/mol. The van der Waals surface area contributed by atoms with Gasteiger partial charge >= 0.3 is 0 Å². The minimum Gasteiger partial charge on any atom is -0.492 e. The first-order chi connectivity index (χ1) is 16.3. The Morgan fingerprint density at radius 1 is 1.06 bits per heavy atom. The Labute approximate surface area is 200 Å². The van der Waals surface area contributed by atoms with E-state index < -0.39 is 10.0 Å². The van der Waals surface area contributed by atoms with Crippen LogP contribution in [0.4, 0.5) is 0 Å². The maximum atomic E-state index is 12.7. The van der Waals surface area contributed by atoms with E-state index in [1.807, 2.05) is 61.5 Å². The van der Waals surface area contributed by atoms with Gasteiger partial charge in [-0.1, -0.05) is 42.5 Å². The first-order valence-electron chi connectivity index (χ1n) is 10.9. The Balaban J connectivity index is 1.82. The fourth-order valence-electron chi connectivity index (χ4n) is 3.48. The summed E-state index contributed by atoms with van der Waals surface area (Å²) in [7, 11) is -0.192. The second-order valence-electron chi connectivity index (χ2n) is 7.98. The first-order valence-corrected chi connectivity index (χ1v) is 12.4. The topological polar surface area (TPSA) is 105 Å². The third-order valence-corrected chi connectivity index (χ3v) is 6.67. The molecule has 3 aromatic rings. The summed E-state index contributed by atoms with van der Waals surface area (Å²) >= 11 is 0. The largest absolute Gasteiger partial charge is 0.492 e. The zero-order valence-corrected chi connectivity index (χ0v) is 20.1. The lowest BCUT2D eigenvalue weighted by Crippen LogP contribution is -2.31.